The Labute approximate surface area is 91.0 Å². The van der Waals surface area contributed by atoms with Crippen molar-refractivity contribution < 1.29 is 4.74 Å². The summed E-state index contributed by atoms with van der Waals surface area (Å²) in [6.07, 6.45) is 2.09. The lowest BCUT2D eigenvalue weighted by Gasteiger charge is -2.03. The number of benzene rings is 1. The van der Waals surface area contributed by atoms with E-state index < -0.39 is 0 Å². The molecule has 0 N–H and O–H groups in total. The maximum atomic E-state index is 5.05. The molecule has 1 aromatic carbocycles. The lowest BCUT2D eigenvalue weighted by atomic mass is 10.2. The maximum absolute atomic E-state index is 5.05. The zero-order valence-electron chi connectivity index (χ0n) is 7.13. The summed E-state index contributed by atoms with van der Waals surface area (Å²) in [6.45, 7) is 0.699. The molecule has 0 aliphatic carbocycles. The molecule has 0 radical (unpaired) electrons. The van der Waals surface area contributed by atoms with Crippen molar-refractivity contribution in [3.05, 3.63) is 27.3 Å². The average molecular weight is 294 g/mol. The van der Waals surface area contributed by atoms with Crippen LogP contribution in [0.2, 0.25) is 0 Å². The van der Waals surface area contributed by atoms with Crippen LogP contribution in [0, 0.1) is 3.57 Å². The largest absolute Gasteiger partial charge is 0.380 e. The van der Waals surface area contributed by atoms with Gasteiger partial charge in [0, 0.05) is 15.6 Å². The van der Waals surface area contributed by atoms with E-state index in [9.17, 15) is 0 Å². The molecule has 0 amide bonds. The first kappa shape index (κ1) is 10.3. The van der Waals surface area contributed by atoms with Crippen molar-refractivity contribution in [1.82, 2.24) is 0 Å². The van der Waals surface area contributed by atoms with Gasteiger partial charge in [0.1, 0.15) is 0 Å². The first-order valence-electron chi connectivity index (χ1n) is 3.59. The smallest absolute Gasteiger partial charge is 0.0713 e. The summed E-state index contributed by atoms with van der Waals surface area (Å²) in [4.78, 5) is 1.33. The van der Waals surface area contributed by atoms with Gasteiger partial charge in [-0.3, -0.25) is 0 Å². The second-order valence-corrected chi connectivity index (χ2v) is 4.41. The Morgan fingerprint density at radius 1 is 1.50 bits per heavy atom. The molecule has 0 bridgehead atoms. The number of halogens is 1. The number of rotatable bonds is 3. The zero-order chi connectivity index (χ0) is 8.97. The third-order valence-corrected chi connectivity index (χ3v) is 3.58. The van der Waals surface area contributed by atoms with Gasteiger partial charge in [-0.2, -0.15) is 0 Å². The third kappa shape index (κ3) is 2.64. The van der Waals surface area contributed by atoms with Gasteiger partial charge >= 0.3 is 0 Å². The zero-order valence-corrected chi connectivity index (χ0v) is 10.1. The van der Waals surface area contributed by atoms with E-state index >= 15 is 0 Å². The van der Waals surface area contributed by atoms with Crippen molar-refractivity contribution in [3.8, 4) is 0 Å². The highest BCUT2D eigenvalue weighted by Gasteiger charge is 1.99. The lowest BCUT2D eigenvalue weighted by molar-refractivity contribution is 0.185. The minimum Gasteiger partial charge on any atom is -0.380 e. The molecule has 0 fully saturated rings. The highest BCUT2D eigenvalue weighted by Crippen LogP contribution is 2.23. The van der Waals surface area contributed by atoms with Crippen LogP contribution in [0.4, 0.5) is 0 Å². The molecule has 66 valence electrons. The summed E-state index contributed by atoms with van der Waals surface area (Å²) in [5.41, 5.74) is 1.24. The molecule has 0 aliphatic heterocycles. The van der Waals surface area contributed by atoms with E-state index in [4.69, 9.17) is 4.74 Å². The minimum absolute atomic E-state index is 0.699. The van der Waals surface area contributed by atoms with Gasteiger partial charge in [0.05, 0.1) is 6.61 Å². The van der Waals surface area contributed by atoms with E-state index in [1.54, 1.807) is 18.9 Å². The molecule has 0 aromatic heterocycles. The third-order valence-electron chi connectivity index (χ3n) is 1.53. The molecule has 0 aliphatic rings. The van der Waals surface area contributed by atoms with Crippen molar-refractivity contribution in [2.75, 3.05) is 13.4 Å². The van der Waals surface area contributed by atoms with Gasteiger partial charge in [0.25, 0.3) is 0 Å². The topological polar surface area (TPSA) is 9.23 Å². The van der Waals surface area contributed by atoms with Crippen molar-refractivity contribution in [2.45, 2.75) is 11.5 Å². The number of thioether (sulfide) groups is 1. The van der Waals surface area contributed by atoms with Gasteiger partial charge in [-0.15, -0.1) is 11.8 Å². The van der Waals surface area contributed by atoms with E-state index in [0.717, 1.165) is 0 Å². The summed E-state index contributed by atoms with van der Waals surface area (Å²) >= 11 is 4.12. The lowest BCUT2D eigenvalue weighted by Crippen LogP contribution is -1.88. The molecule has 1 aromatic rings. The van der Waals surface area contributed by atoms with Crippen LogP contribution in [0.25, 0.3) is 0 Å². The summed E-state index contributed by atoms with van der Waals surface area (Å²) in [6, 6.07) is 6.41. The highest BCUT2D eigenvalue weighted by atomic mass is 127. The molecule has 0 saturated carbocycles. The standard InChI is InChI=1S/C9H11IOS/c1-11-6-7-3-4-9(12-2)8(10)5-7/h3-5H,6H2,1-2H3. The van der Waals surface area contributed by atoms with Crippen LogP contribution in [0.5, 0.6) is 0 Å². The maximum Gasteiger partial charge on any atom is 0.0713 e. The summed E-state index contributed by atoms with van der Waals surface area (Å²) in [7, 11) is 1.72. The summed E-state index contributed by atoms with van der Waals surface area (Å²) in [5, 5.41) is 0. The van der Waals surface area contributed by atoms with E-state index in [1.165, 1.54) is 14.0 Å². The molecule has 1 nitrogen and oxygen atoms in total. The van der Waals surface area contributed by atoms with Crippen LogP contribution in [-0.4, -0.2) is 13.4 Å². The fraction of sp³-hybridized carbons (Fsp3) is 0.333. The monoisotopic (exact) mass is 294 g/mol. The van der Waals surface area contributed by atoms with Crippen molar-refractivity contribution >= 4 is 34.4 Å². The second kappa shape index (κ2) is 5.09. The molecule has 12 heavy (non-hydrogen) atoms. The Balaban J connectivity index is 2.86. The predicted octanol–water partition coefficient (Wildman–Crippen LogP) is 3.16. The first-order chi connectivity index (χ1) is 5.77. The van der Waals surface area contributed by atoms with Gasteiger partial charge in [-0.1, -0.05) is 6.07 Å². The molecule has 0 spiro atoms. The summed E-state index contributed by atoms with van der Waals surface area (Å²) in [5.74, 6) is 0. The van der Waals surface area contributed by atoms with Gasteiger partial charge in [-0.05, 0) is 46.5 Å². The van der Waals surface area contributed by atoms with Crippen molar-refractivity contribution in [3.63, 3.8) is 0 Å². The molecule has 0 saturated heterocycles. The summed E-state index contributed by atoms with van der Waals surface area (Å²) < 4.78 is 6.35. The van der Waals surface area contributed by atoms with Crippen LogP contribution in [0.15, 0.2) is 23.1 Å². The Morgan fingerprint density at radius 3 is 2.75 bits per heavy atom. The molecular weight excluding hydrogens is 283 g/mol. The molecule has 1 rings (SSSR count). The SMILES string of the molecule is COCc1ccc(SC)c(I)c1. The highest BCUT2D eigenvalue weighted by molar-refractivity contribution is 14.1. The van der Waals surface area contributed by atoms with Crippen LogP contribution < -0.4 is 0 Å². The Hall–Kier alpha value is 0.260. The van der Waals surface area contributed by atoms with E-state index in [2.05, 4.69) is 47.0 Å². The van der Waals surface area contributed by atoms with E-state index in [1.807, 2.05) is 0 Å². The fourth-order valence-corrected chi connectivity index (χ4v) is 2.66. The Bertz CT molecular complexity index is 263. The Kier molecular flexibility index (Phi) is 4.39. The van der Waals surface area contributed by atoms with Gasteiger partial charge in [-0.25, -0.2) is 0 Å². The number of hydrogen-bond donors (Lipinski definition) is 0. The number of ether oxygens (including phenoxy) is 1. The number of hydrogen-bond acceptors (Lipinski definition) is 2. The van der Waals surface area contributed by atoms with Crippen LogP contribution in [-0.2, 0) is 11.3 Å². The average Bonchev–Trinajstić information content (AvgIpc) is 2.05. The first-order valence-corrected chi connectivity index (χ1v) is 5.89. The molecule has 0 heterocycles. The van der Waals surface area contributed by atoms with Gasteiger partial charge in [0.2, 0.25) is 0 Å². The minimum atomic E-state index is 0.699. The van der Waals surface area contributed by atoms with E-state index in [-0.39, 0.29) is 0 Å². The molecule has 3 heteroatoms. The number of methoxy groups -OCH3 is 1. The van der Waals surface area contributed by atoms with Crippen LogP contribution in [0.1, 0.15) is 5.56 Å². The second-order valence-electron chi connectivity index (χ2n) is 2.40. The predicted molar refractivity (Wildman–Crippen MR) is 61.7 cm³/mol. The van der Waals surface area contributed by atoms with Gasteiger partial charge < -0.3 is 4.74 Å². The van der Waals surface area contributed by atoms with Gasteiger partial charge in [0.15, 0.2) is 0 Å². The normalized spacial score (nSPS) is 10.2. The van der Waals surface area contributed by atoms with E-state index in [0.29, 0.717) is 6.61 Å². The van der Waals surface area contributed by atoms with Crippen LogP contribution >= 0.6 is 34.4 Å². The Morgan fingerprint density at radius 2 is 2.25 bits per heavy atom. The fourth-order valence-electron chi connectivity index (χ4n) is 0.966. The molecular formula is C9H11IOS. The van der Waals surface area contributed by atoms with Crippen molar-refractivity contribution in [2.24, 2.45) is 0 Å². The molecule has 0 atom stereocenters. The van der Waals surface area contributed by atoms with Crippen LogP contribution in [0.3, 0.4) is 0 Å². The molecule has 0 unspecified atom stereocenters. The quantitative estimate of drug-likeness (QED) is 0.625. The van der Waals surface area contributed by atoms with Crippen molar-refractivity contribution in [1.29, 1.82) is 0 Å².